The van der Waals surface area contributed by atoms with Crippen molar-refractivity contribution in [2.24, 2.45) is 22.9 Å². The Kier molecular flexibility index (Phi) is 11.5. The van der Waals surface area contributed by atoms with Crippen LogP contribution in [0.4, 0.5) is 0 Å². The van der Waals surface area contributed by atoms with Crippen LogP contribution in [0.5, 0.6) is 0 Å². The molecular formula is C17H37N5O10S. The predicted molar refractivity (Wildman–Crippen MR) is 115 cm³/mol. The van der Waals surface area contributed by atoms with Crippen molar-refractivity contribution < 1.29 is 46.7 Å². The molecule has 1 amide bonds. The van der Waals surface area contributed by atoms with Crippen LogP contribution in [0.25, 0.3) is 0 Å². The second kappa shape index (κ2) is 12.6. The number of aliphatic hydroxyl groups is 2. The minimum atomic E-state index is -4.67. The van der Waals surface area contributed by atoms with Crippen LogP contribution in [-0.4, -0.2) is 120 Å². The molecule has 12 N–H and O–H groups in total. The van der Waals surface area contributed by atoms with Crippen molar-refractivity contribution in [3.05, 3.63) is 0 Å². The van der Waals surface area contributed by atoms with Crippen LogP contribution in [0.1, 0.15) is 19.8 Å². The second-order valence-electron chi connectivity index (χ2n) is 8.15. The lowest BCUT2D eigenvalue weighted by atomic mass is 9.80. The lowest BCUT2D eigenvalue weighted by Gasteiger charge is -2.50. The molecule has 2 rings (SSSR count). The summed E-state index contributed by atoms with van der Waals surface area (Å²) in [6.45, 7) is 1.58. The zero-order chi connectivity index (χ0) is 25.7. The van der Waals surface area contributed by atoms with Gasteiger partial charge in [-0.15, -0.1) is 0 Å². The molecule has 1 saturated heterocycles. The average Bonchev–Trinajstić information content (AvgIpc) is 2.72. The lowest BCUT2D eigenvalue weighted by Crippen LogP contribution is -2.72. The molecule has 1 heterocycles. The average molecular weight is 504 g/mol. The first-order valence-corrected chi connectivity index (χ1v) is 11.7. The molecule has 10 atom stereocenters. The van der Waals surface area contributed by atoms with Crippen LogP contribution >= 0.6 is 0 Å². The van der Waals surface area contributed by atoms with E-state index < -0.39 is 65.1 Å². The van der Waals surface area contributed by atoms with E-state index in [1.807, 2.05) is 6.92 Å². The van der Waals surface area contributed by atoms with Crippen LogP contribution in [0.3, 0.4) is 0 Å². The number of rotatable bonds is 6. The Bertz CT molecular complexity index is 721. The van der Waals surface area contributed by atoms with E-state index in [-0.39, 0.29) is 18.7 Å². The first-order valence-electron chi connectivity index (χ1n) is 10.3. The molecule has 2 fully saturated rings. The van der Waals surface area contributed by atoms with Gasteiger partial charge >= 0.3 is 10.4 Å². The summed E-state index contributed by atoms with van der Waals surface area (Å²) in [6.07, 6.45) is -4.16. The molecule has 0 aromatic heterocycles. The van der Waals surface area contributed by atoms with Crippen LogP contribution in [-0.2, 0) is 29.4 Å². The summed E-state index contributed by atoms with van der Waals surface area (Å²) in [5.41, 5.74) is 23.6. The van der Waals surface area contributed by atoms with E-state index in [1.54, 1.807) is 0 Å². The van der Waals surface area contributed by atoms with Crippen LogP contribution in [0.2, 0.25) is 0 Å². The van der Waals surface area contributed by atoms with Gasteiger partial charge in [0.25, 0.3) is 0 Å². The third-order valence-corrected chi connectivity index (χ3v) is 5.74. The van der Waals surface area contributed by atoms with E-state index in [1.165, 1.54) is 19.1 Å². The number of likely N-dealkylation sites (N-methyl/N-ethyl adjacent to an activating group) is 1. The third-order valence-electron chi connectivity index (χ3n) is 5.74. The van der Waals surface area contributed by atoms with Gasteiger partial charge in [-0.3, -0.25) is 13.9 Å². The van der Waals surface area contributed by atoms with Gasteiger partial charge < -0.3 is 52.3 Å². The number of carbonyl (C=O) groups excluding carboxylic acids is 1. The standard InChI is InChI=1S/C17H35N5O6.H2O4S/c1-7(19)9-5-4-8(20)17(27-9)28-15-11(21)13(24)16(26-3)12(14(15)25)22(2)10(23)6-18;1-5(2,3)4/h7-9,11-17,24-25H,4-6,18-21H2,1-3H3;(H2,1,2,3,4)/t7-,8+,9-,11-,12-,13-,14+,15+,16+,17+;/m0./s1. The first-order chi connectivity index (χ1) is 15.1. The number of amides is 1. The summed E-state index contributed by atoms with van der Waals surface area (Å²) in [5.74, 6) is -0.421. The maximum absolute atomic E-state index is 12.1. The Balaban J connectivity index is 0.000000981. The van der Waals surface area contributed by atoms with Gasteiger partial charge in [-0.25, -0.2) is 0 Å². The van der Waals surface area contributed by atoms with E-state index in [2.05, 4.69) is 0 Å². The van der Waals surface area contributed by atoms with E-state index in [4.69, 9.17) is 54.7 Å². The topological polar surface area (TPSA) is 267 Å². The van der Waals surface area contributed by atoms with Crippen molar-refractivity contribution in [3.63, 3.8) is 0 Å². The monoisotopic (exact) mass is 503 g/mol. The summed E-state index contributed by atoms with van der Waals surface area (Å²) < 4.78 is 48.7. The largest absolute Gasteiger partial charge is 0.394 e. The number of aliphatic hydroxyl groups excluding tert-OH is 2. The molecule has 16 heteroatoms. The van der Waals surface area contributed by atoms with Gasteiger partial charge in [0.2, 0.25) is 5.91 Å². The van der Waals surface area contributed by atoms with Crippen molar-refractivity contribution in [3.8, 4) is 0 Å². The molecule has 33 heavy (non-hydrogen) atoms. The second-order valence-corrected chi connectivity index (χ2v) is 9.05. The number of ether oxygens (including phenoxy) is 3. The number of nitrogens with zero attached hydrogens (tertiary/aromatic N) is 1. The van der Waals surface area contributed by atoms with Gasteiger partial charge in [0.15, 0.2) is 6.29 Å². The van der Waals surface area contributed by atoms with Crippen molar-refractivity contribution in [1.82, 2.24) is 4.90 Å². The maximum Gasteiger partial charge on any atom is 0.394 e. The molecule has 0 bridgehead atoms. The lowest BCUT2D eigenvalue weighted by molar-refractivity contribution is -0.267. The number of hydrogen-bond acceptors (Lipinski definition) is 12. The van der Waals surface area contributed by atoms with Gasteiger partial charge in [0, 0.05) is 20.2 Å². The molecular weight excluding hydrogens is 466 g/mol. The normalized spacial score (nSPS) is 38.1. The minimum Gasteiger partial charge on any atom is -0.389 e. The molecule has 0 aromatic rings. The van der Waals surface area contributed by atoms with Gasteiger partial charge in [-0.1, -0.05) is 0 Å². The van der Waals surface area contributed by atoms with Crippen molar-refractivity contribution in [1.29, 1.82) is 0 Å². The van der Waals surface area contributed by atoms with Crippen molar-refractivity contribution in [2.45, 2.75) is 80.7 Å². The fourth-order valence-corrected chi connectivity index (χ4v) is 3.95. The summed E-state index contributed by atoms with van der Waals surface area (Å²) in [7, 11) is -1.82. The van der Waals surface area contributed by atoms with Gasteiger partial charge in [0.05, 0.1) is 36.9 Å². The van der Waals surface area contributed by atoms with Crippen molar-refractivity contribution in [2.75, 3.05) is 20.7 Å². The minimum absolute atomic E-state index is 0.215. The van der Waals surface area contributed by atoms with Crippen molar-refractivity contribution >= 4 is 16.3 Å². The third kappa shape index (κ3) is 8.30. The van der Waals surface area contributed by atoms with Gasteiger partial charge in [0.1, 0.15) is 18.3 Å². The Morgan fingerprint density at radius 2 is 1.73 bits per heavy atom. The Morgan fingerprint density at radius 1 is 1.18 bits per heavy atom. The summed E-state index contributed by atoms with van der Waals surface area (Å²) >= 11 is 0. The zero-order valence-corrected chi connectivity index (χ0v) is 19.6. The summed E-state index contributed by atoms with van der Waals surface area (Å²) in [6, 6.07) is -2.55. The molecule has 0 unspecified atom stereocenters. The zero-order valence-electron chi connectivity index (χ0n) is 18.8. The summed E-state index contributed by atoms with van der Waals surface area (Å²) in [4.78, 5) is 13.3. The number of hydrogen-bond donors (Lipinski definition) is 8. The smallest absolute Gasteiger partial charge is 0.389 e. The molecule has 0 spiro atoms. The number of carbonyl (C=O) groups is 1. The quantitative estimate of drug-likeness (QED) is 0.160. The van der Waals surface area contributed by atoms with E-state index in [0.29, 0.717) is 12.8 Å². The molecule has 15 nitrogen and oxygen atoms in total. The summed E-state index contributed by atoms with van der Waals surface area (Å²) in [5, 5.41) is 21.6. The molecule has 1 aliphatic carbocycles. The highest BCUT2D eigenvalue weighted by Gasteiger charge is 2.53. The molecule has 0 aromatic carbocycles. The predicted octanol–water partition coefficient (Wildman–Crippen LogP) is -4.24. The molecule has 196 valence electrons. The first kappa shape index (κ1) is 30.0. The van der Waals surface area contributed by atoms with E-state index >= 15 is 0 Å². The van der Waals surface area contributed by atoms with E-state index in [0.717, 1.165) is 0 Å². The van der Waals surface area contributed by atoms with Crippen LogP contribution < -0.4 is 22.9 Å². The number of nitrogens with two attached hydrogens (primary N) is 4. The molecule has 1 aliphatic heterocycles. The molecule has 2 aliphatic rings. The molecule has 0 radical (unpaired) electrons. The highest BCUT2D eigenvalue weighted by molar-refractivity contribution is 7.79. The highest BCUT2D eigenvalue weighted by Crippen LogP contribution is 2.31. The van der Waals surface area contributed by atoms with Gasteiger partial charge in [-0.05, 0) is 19.8 Å². The van der Waals surface area contributed by atoms with Crippen LogP contribution in [0, 0.1) is 0 Å². The number of methoxy groups -OCH3 is 1. The fraction of sp³-hybridized carbons (Fsp3) is 0.941. The highest BCUT2D eigenvalue weighted by atomic mass is 32.3. The SMILES string of the molecule is CO[C@H]1[C@@H](O)[C@H](N)[C@@H](O[C@H]2O[C@H]([C@H](C)N)CC[C@H]2N)[C@H](O)[C@@H]1N(C)C(=O)CN.O=S(=O)(O)O. The Hall–Kier alpha value is -1.02. The molecule has 1 saturated carbocycles. The van der Waals surface area contributed by atoms with E-state index in [9.17, 15) is 15.0 Å². The Morgan fingerprint density at radius 3 is 2.18 bits per heavy atom. The Labute approximate surface area is 192 Å². The maximum atomic E-state index is 12.1. The van der Waals surface area contributed by atoms with Gasteiger partial charge in [-0.2, -0.15) is 8.42 Å². The van der Waals surface area contributed by atoms with Crippen LogP contribution in [0.15, 0.2) is 0 Å². The fourth-order valence-electron chi connectivity index (χ4n) is 3.95.